The molecule has 21 heavy (non-hydrogen) atoms. The van der Waals surface area contributed by atoms with Gasteiger partial charge in [-0.15, -0.1) is 0 Å². The third-order valence-corrected chi connectivity index (χ3v) is 2.69. The van der Waals surface area contributed by atoms with Crippen molar-refractivity contribution < 1.29 is 19.5 Å². The summed E-state index contributed by atoms with van der Waals surface area (Å²) in [6, 6.07) is 0.0759. The molecule has 0 aliphatic rings. The van der Waals surface area contributed by atoms with Crippen LogP contribution in [-0.4, -0.2) is 45.4 Å². The molecule has 0 fully saturated rings. The second-order valence-corrected chi connectivity index (χ2v) is 4.42. The highest BCUT2D eigenvalue weighted by Gasteiger charge is 2.20. The highest BCUT2D eigenvalue weighted by atomic mass is 16.4. The van der Waals surface area contributed by atoms with E-state index in [4.69, 9.17) is 10.8 Å². The molecule has 0 aliphatic carbocycles. The van der Waals surface area contributed by atoms with E-state index in [-0.39, 0.29) is 12.8 Å². The van der Waals surface area contributed by atoms with Crippen LogP contribution in [0.4, 0.5) is 4.79 Å². The number of aliphatic carboxylic acids is 1. The van der Waals surface area contributed by atoms with Gasteiger partial charge in [-0.1, -0.05) is 0 Å². The predicted octanol–water partition coefficient (Wildman–Crippen LogP) is -0.709. The number of carbonyl (C=O) groups excluding carboxylic acids is 2. The van der Waals surface area contributed by atoms with Gasteiger partial charge in [-0.3, -0.25) is 9.48 Å². The first kappa shape index (κ1) is 16.5. The summed E-state index contributed by atoms with van der Waals surface area (Å²) < 4.78 is 1.73. The molecule has 1 rings (SSSR count). The Morgan fingerprint density at radius 3 is 2.71 bits per heavy atom. The number of nitrogens with two attached hydrogens (primary N) is 1. The first-order valence-electron chi connectivity index (χ1n) is 6.52. The monoisotopic (exact) mass is 297 g/mol. The van der Waals surface area contributed by atoms with E-state index >= 15 is 0 Å². The first-order chi connectivity index (χ1) is 9.99. The normalized spacial score (nSPS) is 11.6. The zero-order valence-electron chi connectivity index (χ0n) is 11.5. The summed E-state index contributed by atoms with van der Waals surface area (Å²) in [5.41, 5.74) is 4.95. The maximum Gasteiger partial charge on any atom is 0.326 e. The van der Waals surface area contributed by atoms with Gasteiger partial charge in [0.1, 0.15) is 6.04 Å². The molecule has 3 amide bonds. The smallest absolute Gasteiger partial charge is 0.326 e. The van der Waals surface area contributed by atoms with Gasteiger partial charge in [-0.25, -0.2) is 9.59 Å². The highest BCUT2D eigenvalue weighted by Crippen LogP contribution is 1.97. The molecule has 1 aromatic heterocycles. The summed E-state index contributed by atoms with van der Waals surface area (Å²) in [6.07, 6.45) is 4.00. The lowest BCUT2D eigenvalue weighted by Crippen LogP contribution is -2.46. The largest absolute Gasteiger partial charge is 0.480 e. The Hall–Kier alpha value is -2.58. The van der Waals surface area contributed by atoms with E-state index < -0.39 is 23.9 Å². The van der Waals surface area contributed by atoms with Crippen LogP contribution in [0.25, 0.3) is 0 Å². The Labute approximate surface area is 121 Å². The molecule has 0 unspecified atom stereocenters. The Morgan fingerprint density at radius 2 is 2.14 bits per heavy atom. The zero-order chi connectivity index (χ0) is 15.7. The van der Waals surface area contributed by atoms with Crippen LogP contribution in [0.15, 0.2) is 18.5 Å². The Bertz CT molecular complexity index is 474. The average molecular weight is 297 g/mol. The fourth-order valence-corrected chi connectivity index (χ4v) is 1.63. The van der Waals surface area contributed by atoms with Gasteiger partial charge in [0.05, 0.1) is 0 Å². The minimum absolute atomic E-state index is 0.0363. The number of aryl methyl sites for hydroxylation is 1. The van der Waals surface area contributed by atoms with E-state index in [1.165, 1.54) is 0 Å². The van der Waals surface area contributed by atoms with Crippen LogP contribution in [0.1, 0.15) is 19.3 Å². The minimum Gasteiger partial charge on any atom is -0.480 e. The topological polar surface area (TPSA) is 139 Å². The van der Waals surface area contributed by atoms with Gasteiger partial charge in [0.15, 0.2) is 0 Å². The maximum absolute atomic E-state index is 11.5. The lowest BCUT2D eigenvalue weighted by atomic mass is 10.1. The summed E-state index contributed by atoms with van der Waals surface area (Å²) in [5.74, 6) is -1.81. The summed E-state index contributed by atoms with van der Waals surface area (Å²) in [7, 11) is 0. The van der Waals surface area contributed by atoms with Crippen LogP contribution in [0.3, 0.4) is 0 Å². The van der Waals surface area contributed by atoms with Crippen molar-refractivity contribution in [1.82, 2.24) is 20.4 Å². The Balaban J connectivity index is 2.23. The van der Waals surface area contributed by atoms with E-state index in [9.17, 15) is 14.4 Å². The van der Waals surface area contributed by atoms with Gasteiger partial charge in [0.2, 0.25) is 5.91 Å². The molecule has 1 aromatic rings. The Kier molecular flexibility index (Phi) is 6.72. The van der Waals surface area contributed by atoms with Crippen LogP contribution in [0.5, 0.6) is 0 Å². The summed E-state index contributed by atoms with van der Waals surface area (Å²) in [5, 5.41) is 17.8. The van der Waals surface area contributed by atoms with Gasteiger partial charge < -0.3 is 21.5 Å². The van der Waals surface area contributed by atoms with Crippen LogP contribution in [0.2, 0.25) is 0 Å². The second-order valence-electron chi connectivity index (χ2n) is 4.42. The van der Waals surface area contributed by atoms with Crippen molar-refractivity contribution in [2.45, 2.75) is 31.8 Å². The Morgan fingerprint density at radius 1 is 1.38 bits per heavy atom. The van der Waals surface area contributed by atoms with Crippen molar-refractivity contribution in [3.8, 4) is 0 Å². The van der Waals surface area contributed by atoms with Crippen molar-refractivity contribution in [3.63, 3.8) is 0 Å². The standard InChI is InChI=1S/C12H19N5O4/c13-10(18)4-3-9(11(19)20)16-12(21)14-5-1-7-17-8-2-6-15-17/h2,6,8-9H,1,3-5,7H2,(H2,13,18)(H,19,20)(H2,14,16,21)/t9-/m1/s1. The summed E-state index contributed by atoms with van der Waals surface area (Å²) in [6.45, 7) is 1.03. The first-order valence-corrected chi connectivity index (χ1v) is 6.52. The fraction of sp³-hybridized carbons (Fsp3) is 0.500. The van der Waals surface area contributed by atoms with Gasteiger partial charge in [-0.2, -0.15) is 5.10 Å². The molecule has 116 valence electrons. The van der Waals surface area contributed by atoms with Crippen molar-refractivity contribution in [2.24, 2.45) is 5.73 Å². The van der Waals surface area contributed by atoms with Gasteiger partial charge >= 0.3 is 12.0 Å². The molecule has 0 bridgehead atoms. The summed E-state index contributed by atoms with van der Waals surface area (Å²) in [4.78, 5) is 33.1. The number of hydrogen-bond acceptors (Lipinski definition) is 4. The van der Waals surface area contributed by atoms with Gasteiger partial charge in [-0.05, 0) is 18.9 Å². The van der Waals surface area contributed by atoms with E-state index in [0.717, 1.165) is 0 Å². The van der Waals surface area contributed by atoms with Crippen LogP contribution in [-0.2, 0) is 16.1 Å². The summed E-state index contributed by atoms with van der Waals surface area (Å²) >= 11 is 0. The number of carboxylic acid groups (broad SMARTS) is 1. The van der Waals surface area contributed by atoms with Crippen molar-refractivity contribution in [3.05, 3.63) is 18.5 Å². The molecule has 0 aromatic carbocycles. The number of amides is 3. The molecule has 9 heteroatoms. The third kappa shape index (κ3) is 6.95. The zero-order valence-corrected chi connectivity index (χ0v) is 11.5. The molecular weight excluding hydrogens is 278 g/mol. The van der Waals surface area contributed by atoms with Crippen LogP contribution < -0.4 is 16.4 Å². The number of aromatic nitrogens is 2. The molecule has 5 N–H and O–H groups in total. The lowest BCUT2D eigenvalue weighted by Gasteiger charge is -2.14. The fourth-order valence-electron chi connectivity index (χ4n) is 1.63. The quantitative estimate of drug-likeness (QED) is 0.446. The number of rotatable bonds is 9. The van der Waals surface area contributed by atoms with E-state index in [1.54, 1.807) is 16.9 Å². The van der Waals surface area contributed by atoms with E-state index in [2.05, 4.69) is 15.7 Å². The van der Waals surface area contributed by atoms with Crippen LogP contribution >= 0.6 is 0 Å². The number of primary amides is 1. The third-order valence-electron chi connectivity index (χ3n) is 2.69. The SMILES string of the molecule is NC(=O)CC[C@@H](NC(=O)NCCCn1cccn1)C(=O)O. The van der Waals surface area contributed by atoms with Gasteiger partial charge in [0.25, 0.3) is 0 Å². The van der Waals surface area contributed by atoms with Crippen molar-refractivity contribution in [2.75, 3.05) is 6.54 Å². The molecule has 0 saturated carbocycles. The van der Waals surface area contributed by atoms with Gasteiger partial charge in [0, 0.05) is 31.9 Å². The number of carboxylic acids is 1. The molecule has 0 aliphatic heterocycles. The number of urea groups is 1. The molecule has 1 heterocycles. The molecule has 0 spiro atoms. The molecule has 0 saturated heterocycles. The number of carbonyl (C=O) groups is 3. The second kappa shape index (κ2) is 8.56. The molecule has 9 nitrogen and oxygen atoms in total. The van der Waals surface area contributed by atoms with Crippen LogP contribution in [0, 0.1) is 0 Å². The lowest BCUT2D eigenvalue weighted by molar-refractivity contribution is -0.139. The molecular formula is C12H19N5O4. The molecule has 0 radical (unpaired) electrons. The molecule has 1 atom stereocenters. The highest BCUT2D eigenvalue weighted by molar-refractivity contribution is 5.83. The van der Waals surface area contributed by atoms with E-state index in [1.807, 2.05) is 6.20 Å². The minimum atomic E-state index is -1.21. The number of hydrogen-bond donors (Lipinski definition) is 4. The van der Waals surface area contributed by atoms with Crippen molar-refractivity contribution >= 4 is 17.9 Å². The number of nitrogens with one attached hydrogen (secondary N) is 2. The maximum atomic E-state index is 11.5. The predicted molar refractivity (Wildman–Crippen MR) is 73.2 cm³/mol. The van der Waals surface area contributed by atoms with E-state index in [0.29, 0.717) is 19.5 Å². The van der Waals surface area contributed by atoms with Crippen molar-refractivity contribution in [1.29, 1.82) is 0 Å². The average Bonchev–Trinajstić information content (AvgIpc) is 2.92. The number of nitrogens with zero attached hydrogens (tertiary/aromatic N) is 2.